The van der Waals surface area contributed by atoms with Gasteiger partial charge in [-0.25, -0.2) is 0 Å². The second kappa shape index (κ2) is 4.75. The molecular formula is C11H19N3O. The Hall–Kier alpha value is -0.900. The molecule has 1 saturated heterocycles. The molecule has 0 saturated carbocycles. The van der Waals surface area contributed by atoms with Crippen LogP contribution in [-0.2, 0) is 0 Å². The molecule has 0 aliphatic carbocycles. The van der Waals surface area contributed by atoms with Crippen LogP contribution in [0.5, 0.6) is 0 Å². The van der Waals surface area contributed by atoms with Gasteiger partial charge in [0.15, 0.2) is 5.82 Å². The molecule has 1 aliphatic rings. The minimum absolute atomic E-state index is 0.353. The molecular weight excluding hydrogens is 190 g/mol. The van der Waals surface area contributed by atoms with Crippen LogP contribution in [0.3, 0.4) is 0 Å². The summed E-state index contributed by atoms with van der Waals surface area (Å²) in [6, 6.07) is 0. The van der Waals surface area contributed by atoms with Crippen molar-refractivity contribution in [3.05, 3.63) is 11.7 Å². The van der Waals surface area contributed by atoms with Crippen molar-refractivity contribution >= 4 is 0 Å². The maximum Gasteiger partial charge on any atom is 0.229 e. The molecule has 0 aromatic carbocycles. The summed E-state index contributed by atoms with van der Waals surface area (Å²) < 4.78 is 5.33. The highest BCUT2D eigenvalue weighted by Gasteiger charge is 2.20. The van der Waals surface area contributed by atoms with Gasteiger partial charge >= 0.3 is 0 Å². The van der Waals surface area contributed by atoms with Gasteiger partial charge in [-0.15, -0.1) is 0 Å². The van der Waals surface area contributed by atoms with Crippen LogP contribution in [0.1, 0.15) is 56.7 Å². The van der Waals surface area contributed by atoms with E-state index >= 15 is 0 Å². The number of rotatable bonds is 2. The van der Waals surface area contributed by atoms with Crippen LogP contribution in [0.2, 0.25) is 0 Å². The van der Waals surface area contributed by atoms with Crippen LogP contribution in [0.15, 0.2) is 4.52 Å². The summed E-state index contributed by atoms with van der Waals surface area (Å²) in [4.78, 5) is 4.47. The Labute approximate surface area is 90.4 Å². The summed E-state index contributed by atoms with van der Waals surface area (Å²) in [5, 5.41) is 7.40. The van der Waals surface area contributed by atoms with E-state index in [1.165, 1.54) is 6.42 Å². The molecule has 1 atom stereocenters. The molecule has 4 heteroatoms. The fourth-order valence-electron chi connectivity index (χ4n) is 1.91. The number of nitrogens with one attached hydrogen (secondary N) is 1. The maximum absolute atomic E-state index is 5.33. The van der Waals surface area contributed by atoms with Crippen molar-refractivity contribution in [1.29, 1.82) is 0 Å². The van der Waals surface area contributed by atoms with Gasteiger partial charge in [0.2, 0.25) is 5.89 Å². The van der Waals surface area contributed by atoms with Crippen molar-refractivity contribution in [1.82, 2.24) is 15.5 Å². The number of hydrogen-bond donors (Lipinski definition) is 1. The van der Waals surface area contributed by atoms with Gasteiger partial charge in [0.05, 0.1) is 0 Å². The molecule has 15 heavy (non-hydrogen) atoms. The van der Waals surface area contributed by atoms with Gasteiger partial charge in [-0.1, -0.05) is 19.0 Å². The quantitative estimate of drug-likeness (QED) is 0.810. The largest absolute Gasteiger partial charge is 0.339 e. The van der Waals surface area contributed by atoms with E-state index < -0.39 is 0 Å². The smallest absolute Gasteiger partial charge is 0.229 e. The molecule has 1 aromatic rings. The monoisotopic (exact) mass is 209 g/mol. The Bertz CT molecular complexity index is 301. The molecule has 0 spiro atoms. The van der Waals surface area contributed by atoms with Gasteiger partial charge in [0.1, 0.15) is 0 Å². The second-order valence-corrected chi connectivity index (χ2v) is 4.52. The normalized spacial score (nSPS) is 23.0. The summed E-state index contributed by atoms with van der Waals surface area (Å²) >= 11 is 0. The predicted molar refractivity (Wildman–Crippen MR) is 57.8 cm³/mol. The fraction of sp³-hybridized carbons (Fsp3) is 0.818. The Morgan fingerprint density at radius 3 is 2.93 bits per heavy atom. The highest BCUT2D eigenvalue weighted by atomic mass is 16.5. The van der Waals surface area contributed by atoms with Crippen molar-refractivity contribution in [3.63, 3.8) is 0 Å². The standard InChI is InChI=1S/C11H19N3O/c1-8(2)10-13-11(15-14-10)9-4-3-6-12-7-5-9/h8-9,12H,3-7H2,1-2H3. The zero-order chi connectivity index (χ0) is 10.7. The van der Waals surface area contributed by atoms with E-state index in [2.05, 4.69) is 29.3 Å². The Balaban J connectivity index is 2.06. The SMILES string of the molecule is CC(C)c1noc(C2CCCNCC2)n1. The van der Waals surface area contributed by atoms with Crippen LogP contribution in [0, 0.1) is 0 Å². The molecule has 1 aliphatic heterocycles. The van der Waals surface area contributed by atoms with Crippen molar-refractivity contribution in [2.75, 3.05) is 13.1 Å². The van der Waals surface area contributed by atoms with Crippen LogP contribution >= 0.6 is 0 Å². The first-order chi connectivity index (χ1) is 7.27. The molecule has 0 bridgehead atoms. The minimum atomic E-state index is 0.353. The lowest BCUT2D eigenvalue weighted by Crippen LogP contribution is -2.13. The third-order valence-electron chi connectivity index (χ3n) is 2.90. The lowest BCUT2D eigenvalue weighted by molar-refractivity contribution is 0.338. The summed E-state index contributed by atoms with van der Waals surface area (Å²) in [7, 11) is 0. The average Bonchev–Trinajstić information content (AvgIpc) is 2.55. The van der Waals surface area contributed by atoms with E-state index in [1.807, 2.05) is 0 Å². The lowest BCUT2D eigenvalue weighted by Gasteiger charge is -2.06. The Kier molecular flexibility index (Phi) is 3.36. The van der Waals surface area contributed by atoms with Crippen LogP contribution in [-0.4, -0.2) is 23.2 Å². The first-order valence-electron chi connectivity index (χ1n) is 5.81. The van der Waals surface area contributed by atoms with E-state index in [1.54, 1.807) is 0 Å². The molecule has 2 heterocycles. The number of nitrogens with zero attached hydrogens (tertiary/aromatic N) is 2. The van der Waals surface area contributed by atoms with E-state index in [0.717, 1.165) is 37.6 Å². The highest BCUT2D eigenvalue weighted by molar-refractivity contribution is 4.97. The summed E-state index contributed by atoms with van der Waals surface area (Å²) in [6.45, 7) is 6.35. The molecule has 1 fully saturated rings. The predicted octanol–water partition coefficient (Wildman–Crippen LogP) is 2.05. The summed E-state index contributed by atoms with van der Waals surface area (Å²) in [6.07, 6.45) is 3.47. The number of aromatic nitrogens is 2. The third-order valence-corrected chi connectivity index (χ3v) is 2.90. The topological polar surface area (TPSA) is 51.0 Å². The van der Waals surface area contributed by atoms with Crippen LogP contribution in [0.4, 0.5) is 0 Å². The molecule has 0 amide bonds. The molecule has 0 radical (unpaired) electrons. The van der Waals surface area contributed by atoms with Crippen molar-refractivity contribution in [2.24, 2.45) is 0 Å². The highest BCUT2D eigenvalue weighted by Crippen LogP contribution is 2.25. The molecule has 1 N–H and O–H groups in total. The minimum Gasteiger partial charge on any atom is -0.339 e. The zero-order valence-electron chi connectivity index (χ0n) is 9.49. The van der Waals surface area contributed by atoms with Crippen molar-refractivity contribution < 1.29 is 4.52 Å². The van der Waals surface area contributed by atoms with Crippen molar-refractivity contribution in [2.45, 2.75) is 44.9 Å². The van der Waals surface area contributed by atoms with Crippen molar-refractivity contribution in [3.8, 4) is 0 Å². The first kappa shape index (κ1) is 10.6. The van der Waals surface area contributed by atoms with Gasteiger partial charge in [-0.3, -0.25) is 0 Å². The van der Waals surface area contributed by atoms with Gasteiger partial charge in [-0.05, 0) is 32.4 Å². The van der Waals surface area contributed by atoms with Crippen LogP contribution in [0.25, 0.3) is 0 Å². The summed E-state index contributed by atoms with van der Waals surface area (Å²) in [5.41, 5.74) is 0. The molecule has 4 nitrogen and oxygen atoms in total. The maximum atomic E-state index is 5.33. The Morgan fingerprint density at radius 1 is 1.33 bits per heavy atom. The average molecular weight is 209 g/mol. The van der Waals surface area contributed by atoms with E-state index in [4.69, 9.17) is 4.52 Å². The molecule has 1 unspecified atom stereocenters. The van der Waals surface area contributed by atoms with E-state index in [9.17, 15) is 0 Å². The van der Waals surface area contributed by atoms with E-state index in [-0.39, 0.29) is 0 Å². The van der Waals surface area contributed by atoms with E-state index in [0.29, 0.717) is 11.8 Å². The van der Waals surface area contributed by atoms with Gasteiger partial charge in [0, 0.05) is 11.8 Å². The third kappa shape index (κ3) is 2.56. The Morgan fingerprint density at radius 2 is 2.20 bits per heavy atom. The fourth-order valence-corrected chi connectivity index (χ4v) is 1.91. The lowest BCUT2D eigenvalue weighted by atomic mass is 10.0. The summed E-state index contributed by atoms with van der Waals surface area (Å²) in [5.74, 6) is 2.48. The first-order valence-corrected chi connectivity index (χ1v) is 5.81. The van der Waals surface area contributed by atoms with Crippen LogP contribution < -0.4 is 5.32 Å². The molecule has 84 valence electrons. The number of hydrogen-bond acceptors (Lipinski definition) is 4. The van der Waals surface area contributed by atoms with Gasteiger partial charge in [0.25, 0.3) is 0 Å². The van der Waals surface area contributed by atoms with Gasteiger partial charge in [-0.2, -0.15) is 4.98 Å². The molecule has 1 aromatic heterocycles. The van der Waals surface area contributed by atoms with Gasteiger partial charge < -0.3 is 9.84 Å². The molecule has 2 rings (SSSR count). The second-order valence-electron chi connectivity index (χ2n) is 4.52. The zero-order valence-corrected chi connectivity index (χ0v) is 9.49.